The zero-order valence-electron chi connectivity index (χ0n) is 11.7. The lowest BCUT2D eigenvalue weighted by Gasteiger charge is -2.19. The molecular weight excluding hydrogens is 276 g/mol. The Bertz CT molecular complexity index is 604. The van der Waals surface area contributed by atoms with Crippen molar-refractivity contribution in [2.75, 3.05) is 0 Å². The van der Waals surface area contributed by atoms with E-state index in [0.717, 1.165) is 15.5 Å². The molecule has 2 aromatic rings. The van der Waals surface area contributed by atoms with E-state index in [1.165, 1.54) is 22.3 Å². The van der Waals surface area contributed by atoms with E-state index in [0.29, 0.717) is 0 Å². The van der Waals surface area contributed by atoms with E-state index in [9.17, 15) is 0 Å². The zero-order chi connectivity index (χ0) is 14.2. The van der Waals surface area contributed by atoms with Gasteiger partial charge in [-0.15, -0.1) is 11.3 Å². The van der Waals surface area contributed by atoms with E-state index in [1.54, 1.807) is 11.3 Å². The average molecular weight is 295 g/mol. The number of thiophene rings is 1. The van der Waals surface area contributed by atoms with Crippen LogP contribution in [-0.4, -0.2) is 0 Å². The zero-order valence-corrected chi connectivity index (χ0v) is 13.2. The summed E-state index contributed by atoms with van der Waals surface area (Å²) < 4.78 is 0. The minimum Gasteiger partial charge on any atom is -0.271 e. The van der Waals surface area contributed by atoms with Gasteiger partial charge >= 0.3 is 0 Å². The highest BCUT2D eigenvalue weighted by molar-refractivity contribution is 7.10. The number of hydrazine groups is 1. The predicted octanol–water partition coefficient (Wildman–Crippen LogP) is 4.19. The molecule has 1 heterocycles. The molecule has 0 bridgehead atoms. The molecule has 19 heavy (non-hydrogen) atoms. The summed E-state index contributed by atoms with van der Waals surface area (Å²) in [6, 6.07) is 4.34. The normalized spacial score (nSPS) is 12.7. The average Bonchev–Trinajstić information content (AvgIpc) is 2.68. The number of hydrogen-bond donors (Lipinski definition) is 2. The summed E-state index contributed by atoms with van der Waals surface area (Å²) in [6.07, 6.45) is 0. The number of rotatable bonds is 3. The van der Waals surface area contributed by atoms with Gasteiger partial charge in [0.05, 0.1) is 11.1 Å². The monoisotopic (exact) mass is 294 g/mol. The van der Waals surface area contributed by atoms with E-state index in [4.69, 9.17) is 17.4 Å². The van der Waals surface area contributed by atoms with E-state index in [2.05, 4.69) is 43.7 Å². The molecule has 1 unspecified atom stereocenters. The molecule has 1 atom stereocenters. The van der Waals surface area contributed by atoms with Gasteiger partial charge in [-0.25, -0.2) is 5.43 Å². The predicted molar refractivity (Wildman–Crippen MR) is 83.9 cm³/mol. The molecule has 3 N–H and O–H groups in total. The van der Waals surface area contributed by atoms with Crippen molar-refractivity contribution in [2.24, 2.45) is 5.84 Å². The van der Waals surface area contributed by atoms with Crippen LogP contribution in [0.5, 0.6) is 0 Å². The van der Waals surface area contributed by atoms with Crippen molar-refractivity contribution >= 4 is 22.9 Å². The molecule has 0 radical (unpaired) electrons. The first-order valence-electron chi connectivity index (χ1n) is 6.23. The van der Waals surface area contributed by atoms with Crippen LogP contribution in [0, 0.1) is 27.7 Å². The third-order valence-electron chi connectivity index (χ3n) is 3.55. The minimum absolute atomic E-state index is 0.0505. The van der Waals surface area contributed by atoms with E-state index >= 15 is 0 Å². The topological polar surface area (TPSA) is 38.0 Å². The summed E-state index contributed by atoms with van der Waals surface area (Å²) in [4.78, 5) is 1.08. The largest absolute Gasteiger partial charge is 0.271 e. The maximum atomic E-state index is 6.37. The lowest BCUT2D eigenvalue weighted by atomic mass is 9.95. The van der Waals surface area contributed by atoms with Gasteiger partial charge in [0.25, 0.3) is 0 Å². The van der Waals surface area contributed by atoms with Gasteiger partial charge in [-0.2, -0.15) is 0 Å². The van der Waals surface area contributed by atoms with Crippen molar-refractivity contribution in [3.63, 3.8) is 0 Å². The fourth-order valence-electron chi connectivity index (χ4n) is 2.24. The molecule has 2 nitrogen and oxygen atoms in total. The van der Waals surface area contributed by atoms with Crippen LogP contribution in [0.1, 0.15) is 38.7 Å². The van der Waals surface area contributed by atoms with Crippen LogP contribution in [0.2, 0.25) is 5.02 Å². The smallest absolute Gasteiger partial charge is 0.0820 e. The molecular formula is C15H19ClN2S. The van der Waals surface area contributed by atoms with Crippen molar-refractivity contribution < 1.29 is 0 Å². The Morgan fingerprint density at radius 3 is 2.21 bits per heavy atom. The second-order valence-corrected chi connectivity index (χ2v) is 6.28. The fraction of sp³-hybridized carbons (Fsp3) is 0.333. The van der Waals surface area contributed by atoms with Crippen molar-refractivity contribution in [1.82, 2.24) is 5.43 Å². The molecule has 0 fully saturated rings. The second kappa shape index (κ2) is 5.63. The number of aryl methyl sites for hydroxylation is 4. The van der Waals surface area contributed by atoms with Crippen LogP contribution in [0.15, 0.2) is 17.5 Å². The van der Waals surface area contributed by atoms with Crippen molar-refractivity contribution in [3.05, 3.63) is 55.2 Å². The van der Waals surface area contributed by atoms with Gasteiger partial charge in [0.1, 0.15) is 0 Å². The Hall–Kier alpha value is -0.870. The third-order valence-corrected chi connectivity index (χ3v) is 5.33. The SMILES string of the molecule is Cc1cc(C)c(C(NN)c2scc(C)c2Cl)cc1C. The van der Waals surface area contributed by atoms with Gasteiger partial charge in [-0.05, 0) is 60.9 Å². The number of benzene rings is 1. The van der Waals surface area contributed by atoms with Gasteiger partial charge in [-0.3, -0.25) is 5.84 Å². The highest BCUT2D eigenvalue weighted by atomic mass is 35.5. The van der Waals surface area contributed by atoms with Gasteiger partial charge in [0.2, 0.25) is 0 Å². The first-order valence-corrected chi connectivity index (χ1v) is 7.48. The molecule has 0 aliphatic carbocycles. The van der Waals surface area contributed by atoms with Crippen LogP contribution >= 0.6 is 22.9 Å². The van der Waals surface area contributed by atoms with Crippen molar-refractivity contribution in [1.29, 1.82) is 0 Å². The Labute approximate surface area is 123 Å². The van der Waals surface area contributed by atoms with Gasteiger partial charge in [-0.1, -0.05) is 23.7 Å². The minimum atomic E-state index is -0.0505. The van der Waals surface area contributed by atoms with E-state index in [-0.39, 0.29) is 6.04 Å². The van der Waals surface area contributed by atoms with E-state index < -0.39 is 0 Å². The maximum absolute atomic E-state index is 6.37. The van der Waals surface area contributed by atoms with Crippen LogP contribution < -0.4 is 11.3 Å². The second-order valence-electron chi connectivity index (χ2n) is 4.99. The number of nitrogens with one attached hydrogen (secondary N) is 1. The van der Waals surface area contributed by atoms with Gasteiger partial charge in [0, 0.05) is 4.88 Å². The molecule has 1 aromatic carbocycles. The summed E-state index contributed by atoms with van der Waals surface area (Å²) >= 11 is 8.02. The molecule has 0 aliphatic heterocycles. The Morgan fingerprint density at radius 1 is 1.05 bits per heavy atom. The number of hydrogen-bond acceptors (Lipinski definition) is 3. The lowest BCUT2D eigenvalue weighted by molar-refractivity contribution is 0.642. The van der Waals surface area contributed by atoms with Crippen molar-refractivity contribution in [3.8, 4) is 0 Å². The molecule has 0 saturated heterocycles. The molecule has 102 valence electrons. The summed E-state index contributed by atoms with van der Waals surface area (Å²) in [5.41, 5.74) is 8.99. The maximum Gasteiger partial charge on any atom is 0.0820 e. The number of halogens is 1. The third kappa shape index (κ3) is 2.70. The highest BCUT2D eigenvalue weighted by Gasteiger charge is 2.20. The summed E-state index contributed by atoms with van der Waals surface area (Å²) in [5, 5.41) is 2.88. The van der Waals surface area contributed by atoms with Crippen LogP contribution in [0.3, 0.4) is 0 Å². The highest BCUT2D eigenvalue weighted by Crippen LogP contribution is 2.36. The summed E-state index contributed by atoms with van der Waals surface area (Å²) in [6.45, 7) is 8.37. The first kappa shape index (κ1) is 14.5. The molecule has 0 amide bonds. The summed E-state index contributed by atoms with van der Waals surface area (Å²) in [5.74, 6) is 5.77. The Balaban J connectivity index is 2.54. The molecule has 1 aromatic heterocycles. The van der Waals surface area contributed by atoms with E-state index in [1.807, 2.05) is 6.92 Å². The van der Waals surface area contributed by atoms with Crippen molar-refractivity contribution in [2.45, 2.75) is 33.7 Å². The summed E-state index contributed by atoms with van der Waals surface area (Å²) in [7, 11) is 0. The Morgan fingerprint density at radius 2 is 1.68 bits per heavy atom. The molecule has 0 aliphatic rings. The van der Waals surface area contributed by atoms with Gasteiger partial charge in [0.15, 0.2) is 0 Å². The quantitative estimate of drug-likeness (QED) is 0.658. The number of nitrogens with two attached hydrogens (primary N) is 1. The van der Waals surface area contributed by atoms with Gasteiger partial charge < -0.3 is 0 Å². The first-order chi connectivity index (χ1) is 8.95. The molecule has 2 rings (SSSR count). The fourth-order valence-corrected chi connectivity index (χ4v) is 3.62. The molecule has 0 saturated carbocycles. The standard InChI is InChI=1S/C15H19ClN2S/c1-8-5-10(3)12(6-9(8)2)14(18-17)15-13(16)11(4)7-19-15/h5-7,14,18H,17H2,1-4H3. The Kier molecular flexibility index (Phi) is 4.31. The molecule has 4 heteroatoms. The lowest BCUT2D eigenvalue weighted by Crippen LogP contribution is -2.29. The van der Waals surface area contributed by atoms with Crippen LogP contribution in [-0.2, 0) is 0 Å². The van der Waals surface area contributed by atoms with Crippen LogP contribution in [0.25, 0.3) is 0 Å². The molecule has 0 spiro atoms. The van der Waals surface area contributed by atoms with Crippen LogP contribution in [0.4, 0.5) is 0 Å².